The van der Waals surface area contributed by atoms with Gasteiger partial charge in [-0.05, 0) is 24.7 Å². The summed E-state index contributed by atoms with van der Waals surface area (Å²) in [6.07, 6.45) is 3.10. The number of rotatable bonds is 5. The van der Waals surface area contributed by atoms with Crippen molar-refractivity contribution < 1.29 is 15.0 Å². The standard InChI is InChI=1S/C16H27NO3/c1-5-7-13(19)15-12(17-11(6-2)10-18)8-16(3,4)9-14(15)20/h11,18-19H,5-10H2,1-4H3. The molecule has 0 aromatic rings. The third-order valence-corrected chi connectivity index (χ3v) is 3.65. The van der Waals surface area contributed by atoms with Crippen molar-refractivity contribution in [2.75, 3.05) is 6.61 Å². The van der Waals surface area contributed by atoms with E-state index in [4.69, 9.17) is 0 Å². The van der Waals surface area contributed by atoms with Gasteiger partial charge in [0.15, 0.2) is 5.78 Å². The lowest BCUT2D eigenvalue weighted by atomic mass is 9.73. The van der Waals surface area contributed by atoms with Crippen LogP contribution in [0, 0.1) is 5.41 Å². The largest absolute Gasteiger partial charge is 0.511 e. The Labute approximate surface area is 121 Å². The van der Waals surface area contributed by atoms with Crippen LogP contribution in [0.5, 0.6) is 0 Å². The third kappa shape index (κ3) is 4.17. The minimum Gasteiger partial charge on any atom is -0.511 e. The lowest BCUT2D eigenvalue weighted by molar-refractivity contribution is -0.117. The molecule has 0 heterocycles. The van der Waals surface area contributed by atoms with E-state index in [1.807, 2.05) is 27.7 Å². The van der Waals surface area contributed by atoms with Gasteiger partial charge in [0.2, 0.25) is 0 Å². The zero-order valence-corrected chi connectivity index (χ0v) is 13.1. The van der Waals surface area contributed by atoms with Crippen LogP contribution in [0.15, 0.2) is 16.3 Å². The first-order valence-electron chi connectivity index (χ1n) is 7.47. The van der Waals surface area contributed by atoms with E-state index in [-0.39, 0.29) is 29.6 Å². The fourth-order valence-electron chi connectivity index (χ4n) is 2.57. The molecule has 0 amide bonds. The number of carbonyl (C=O) groups is 1. The Kier molecular flexibility index (Phi) is 5.93. The van der Waals surface area contributed by atoms with Crippen LogP contribution in [0.3, 0.4) is 0 Å². The molecule has 1 fully saturated rings. The third-order valence-electron chi connectivity index (χ3n) is 3.65. The maximum atomic E-state index is 12.3. The van der Waals surface area contributed by atoms with Crippen LogP contribution in [0.1, 0.15) is 59.8 Å². The molecular formula is C16H27NO3. The van der Waals surface area contributed by atoms with Crippen molar-refractivity contribution in [3.05, 3.63) is 11.3 Å². The van der Waals surface area contributed by atoms with E-state index in [1.54, 1.807) is 0 Å². The average Bonchev–Trinajstić information content (AvgIpc) is 2.34. The smallest absolute Gasteiger partial charge is 0.168 e. The van der Waals surface area contributed by atoms with Crippen molar-refractivity contribution in [3.8, 4) is 0 Å². The Morgan fingerprint density at radius 2 is 2.00 bits per heavy atom. The first-order chi connectivity index (χ1) is 9.34. The molecule has 1 aliphatic carbocycles. The molecule has 1 aliphatic rings. The number of nitrogens with zero attached hydrogens (tertiary/aromatic N) is 1. The molecule has 1 rings (SSSR count). The van der Waals surface area contributed by atoms with Gasteiger partial charge in [-0.15, -0.1) is 0 Å². The molecule has 1 saturated carbocycles. The quantitative estimate of drug-likeness (QED) is 0.600. The maximum Gasteiger partial charge on any atom is 0.168 e. The van der Waals surface area contributed by atoms with Gasteiger partial charge in [-0.2, -0.15) is 0 Å². The highest BCUT2D eigenvalue weighted by molar-refractivity contribution is 6.24. The Bertz CT molecular complexity index is 417. The average molecular weight is 281 g/mol. The Morgan fingerprint density at radius 1 is 1.35 bits per heavy atom. The van der Waals surface area contributed by atoms with Crippen LogP contribution in [-0.4, -0.2) is 34.4 Å². The second kappa shape index (κ2) is 7.02. The monoisotopic (exact) mass is 281 g/mol. The number of ketones is 1. The molecule has 0 aromatic heterocycles. The Balaban J connectivity index is 3.23. The molecule has 1 atom stereocenters. The van der Waals surface area contributed by atoms with Gasteiger partial charge in [0.1, 0.15) is 5.76 Å². The topological polar surface area (TPSA) is 69.9 Å². The highest BCUT2D eigenvalue weighted by Crippen LogP contribution is 2.36. The van der Waals surface area contributed by atoms with E-state index in [9.17, 15) is 15.0 Å². The summed E-state index contributed by atoms with van der Waals surface area (Å²) < 4.78 is 0. The van der Waals surface area contributed by atoms with E-state index in [1.165, 1.54) is 0 Å². The van der Waals surface area contributed by atoms with Gasteiger partial charge < -0.3 is 10.2 Å². The fraction of sp³-hybridized carbons (Fsp3) is 0.750. The summed E-state index contributed by atoms with van der Waals surface area (Å²) in [4.78, 5) is 16.9. The summed E-state index contributed by atoms with van der Waals surface area (Å²) >= 11 is 0. The van der Waals surface area contributed by atoms with Gasteiger partial charge in [0, 0.05) is 18.6 Å². The molecule has 0 radical (unpaired) electrons. The SMILES string of the molecule is CCCC(O)=C1C(=O)CC(C)(C)CC1=NC(CC)CO. The van der Waals surface area contributed by atoms with E-state index in [0.717, 1.165) is 12.8 Å². The Morgan fingerprint density at radius 3 is 2.50 bits per heavy atom. The van der Waals surface area contributed by atoms with Crippen LogP contribution in [0.25, 0.3) is 0 Å². The van der Waals surface area contributed by atoms with Gasteiger partial charge in [-0.1, -0.05) is 27.7 Å². The fourth-order valence-corrected chi connectivity index (χ4v) is 2.57. The van der Waals surface area contributed by atoms with Crippen molar-refractivity contribution in [3.63, 3.8) is 0 Å². The maximum absolute atomic E-state index is 12.3. The molecule has 0 aromatic carbocycles. The van der Waals surface area contributed by atoms with Crippen LogP contribution < -0.4 is 0 Å². The van der Waals surface area contributed by atoms with Crippen LogP contribution >= 0.6 is 0 Å². The van der Waals surface area contributed by atoms with E-state index in [2.05, 4.69) is 4.99 Å². The number of aliphatic imine (C=N–C) groups is 1. The molecule has 20 heavy (non-hydrogen) atoms. The van der Waals surface area contributed by atoms with E-state index in [0.29, 0.717) is 30.5 Å². The molecule has 0 aliphatic heterocycles. The molecule has 0 spiro atoms. The molecular weight excluding hydrogens is 254 g/mol. The number of hydrogen-bond donors (Lipinski definition) is 2. The molecule has 1 unspecified atom stereocenters. The molecule has 0 saturated heterocycles. The van der Waals surface area contributed by atoms with Gasteiger partial charge in [0.05, 0.1) is 18.2 Å². The van der Waals surface area contributed by atoms with Crippen molar-refractivity contribution in [2.24, 2.45) is 10.4 Å². The Hall–Kier alpha value is -1.16. The minimum absolute atomic E-state index is 0.0289. The number of carbonyl (C=O) groups excluding carboxylic acids is 1. The van der Waals surface area contributed by atoms with Crippen LogP contribution in [0.4, 0.5) is 0 Å². The second-order valence-electron chi connectivity index (χ2n) is 6.33. The summed E-state index contributed by atoms with van der Waals surface area (Å²) in [5.74, 6) is 0.123. The minimum atomic E-state index is -0.198. The summed E-state index contributed by atoms with van der Waals surface area (Å²) in [5, 5.41) is 19.5. The van der Waals surface area contributed by atoms with Crippen molar-refractivity contribution in [2.45, 2.75) is 65.8 Å². The van der Waals surface area contributed by atoms with Gasteiger partial charge >= 0.3 is 0 Å². The number of aliphatic hydroxyl groups excluding tert-OH is 2. The number of aliphatic hydroxyl groups is 2. The summed E-state index contributed by atoms with van der Waals surface area (Å²) in [7, 11) is 0. The summed E-state index contributed by atoms with van der Waals surface area (Å²) in [6, 6.07) is -0.198. The lowest BCUT2D eigenvalue weighted by Gasteiger charge is -2.32. The lowest BCUT2D eigenvalue weighted by Crippen LogP contribution is -2.33. The predicted octanol–water partition coefficient (Wildman–Crippen LogP) is 3.20. The number of allylic oxidation sites excluding steroid dienone is 2. The van der Waals surface area contributed by atoms with Gasteiger partial charge in [0.25, 0.3) is 0 Å². The van der Waals surface area contributed by atoms with Crippen molar-refractivity contribution >= 4 is 11.5 Å². The molecule has 0 bridgehead atoms. The van der Waals surface area contributed by atoms with Crippen molar-refractivity contribution in [1.82, 2.24) is 0 Å². The normalized spacial score (nSPS) is 24.9. The van der Waals surface area contributed by atoms with Gasteiger partial charge in [-0.25, -0.2) is 0 Å². The summed E-state index contributed by atoms with van der Waals surface area (Å²) in [6.45, 7) is 7.96. The van der Waals surface area contributed by atoms with E-state index >= 15 is 0 Å². The highest BCUT2D eigenvalue weighted by Gasteiger charge is 2.36. The highest BCUT2D eigenvalue weighted by atomic mass is 16.3. The zero-order valence-electron chi connectivity index (χ0n) is 13.1. The molecule has 4 nitrogen and oxygen atoms in total. The number of Topliss-reactive ketones (excluding diaryl/α,β-unsaturated/α-hetero) is 1. The van der Waals surface area contributed by atoms with Crippen LogP contribution in [0.2, 0.25) is 0 Å². The van der Waals surface area contributed by atoms with Crippen molar-refractivity contribution in [1.29, 1.82) is 0 Å². The molecule has 4 heteroatoms. The molecule has 114 valence electrons. The first-order valence-corrected chi connectivity index (χ1v) is 7.47. The second-order valence-corrected chi connectivity index (χ2v) is 6.33. The first kappa shape index (κ1) is 16.9. The molecule has 2 N–H and O–H groups in total. The van der Waals surface area contributed by atoms with E-state index < -0.39 is 0 Å². The zero-order chi connectivity index (χ0) is 15.3. The predicted molar refractivity (Wildman–Crippen MR) is 81.2 cm³/mol. The number of hydrogen-bond acceptors (Lipinski definition) is 4. The van der Waals surface area contributed by atoms with Gasteiger partial charge in [-0.3, -0.25) is 9.79 Å². The summed E-state index contributed by atoms with van der Waals surface area (Å²) in [5.41, 5.74) is 0.927. The van der Waals surface area contributed by atoms with Crippen LogP contribution in [-0.2, 0) is 4.79 Å².